The van der Waals surface area contributed by atoms with Crippen molar-refractivity contribution in [1.29, 1.82) is 5.26 Å². The molecule has 45 heavy (non-hydrogen) atoms. The molecule has 12 heteroatoms. The third-order valence-corrected chi connectivity index (χ3v) is 8.89. The predicted molar refractivity (Wildman–Crippen MR) is 169 cm³/mol. The molecule has 0 unspecified atom stereocenters. The molecule has 0 spiro atoms. The summed E-state index contributed by atoms with van der Waals surface area (Å²) in [6.45, 7) is 1.42. The number of carbonyl (C=O) groups is 1. The van der Waals surface area contributed by atoms with Gasteiger partial charge in [-0.2, -0.15) is 15.2 Å². The minimum absolute atomic E-state index is 0.0334. The molecular weight excluding hydrogens is 600 g/mol. The van der Waals surface area contributed by atoms with Crippen LogP contribution in [-0.2, 0) is 4.79 Å². The van der Waals surface area contributed by atoms with E-state index in [9.17, 15) is 14.4 Å². The molecule has 4 heterocycles. The van der Waals surface area contributed by atoms with E-state index in [1.807, 2.05) is 36.2 Å². The summed E-state index contributed by atoms with van der Waals surface area (Å²) in [5.74, 6) is -0.598. The van der Waals surface area contributed by atoms with Crippen LogP contribution >= 0.6 is 11.6 Å². The molecule has 6 rings (SSSR count). The van der Waals surface area contributed by atoms with Gasteiger partial charge in [0.1, 0.15) is 30.3 Å². The van der Waals surface area contributed by atoms with Gasteiger partial charge in [-0.05, 0) is 44.0 Å². The van der Waals surface area contributed by atoms with Crippen molar-refractivity contribution in [3.8, 4) is 23.3 Å². The number of nitrogens with zero attached hydrogens (tertiary/aromatic N) is 7. The van der Waals surface area contributed by atoms with Crippen LogP contribution in [0.3, 0.4) is 0 Å². The third kappa shape index (κ3) is 6.13. The molecule has 0 saturated carbocycles. The molecule has 4 aromatic rings. The quantitative estimate of drug-likeness (QED) is 0.233. The Bertz CT molecular complexity index is 1810. The van der Waals surface area contributed by atoms with E-state index < -0.39 is 18.5 Å². The largest absolute Gasteiger partial charge is 0.462 e. The summed E-state index contributed by atoms with van der Waals surface area (Å²) in [5, 5.41) is 11.9. The third-order valence-electron chi connectivity index (χ3n) is 8.57. The summed E-state index contributed by atoms with van der Waals surface area (Å²) in [4.78, 5) is 32.3. The molecule has 0 N–H and O–H groups in total. The number of piperazine rings is 1. The van der Waals surface area contributed by atoms with Gasteiger partial charge in [-0.25, -0.2) is 8.78 Å². The van der Waals surface area contributed by atoms with Crippen molar-refractivity contribution in [2.45, 2.75) is 31.3 Å². The molecule has 0 radical (unpaired) electrons. The average Bonchev–Trinajstić information content (AvgIpc) is 3.47. The van der Waals surface area contributed by atoms with Crippen molar-refractivity contribution in [3.05, 3.63) is 65.6 Å². The van der Waals surface area contributed by atoms with Crippen LogP contribution in [0.15, 0.2) is 54.7 Å². The normalized spacial score (nSPS) is 19.1. The average molecular weight is 632 g/mol. The number of carbonyl (C=O) groups excluding carboxylic acids is 1. The maximum Gasteiger partial charge on any atom is 0.319 e. The Morgan fingerprint density at radius 1 is 1.18 bits per heavy atom. The number of hydrogen-bond acceptors (Lipinski definition) is 8. The number of fused-ring (bicyclic) bond motifs is 2. The number of pyridine rings is 1. The van der Waals surface area contributed by atoms with Crippen LogP contribution in [-0.4, -0.2) is 89.3 Å². The molecule has 0 bridgehead atoms. The number of hydrogen-bond donors (Lipinski definition) is 0. The first-order valence-corrected chi connectivity index (χ1v) is 15.3. The first kappa shape index (κ1) is 30.6. The minimum Gasteiger partial charge on any atom is -0.462 e. The second-order valence-corrected chi connectivity index (χ2v) is 11.7. The van der Waals surface area contributed by atoms with E-state index in [1.54, 1.807) is 23.2 Å². The first-order chi connectivity index (χ1) is 21.9. The van der Waals surface area contributed by atoms with Gasteiger partial charge in [0.15, 0.2) is 5.82 Å². The number of likely N-dealkylation sites (N-methyl/N-ethyl adjacent to an activating group) is 1. The molecule has 2 aromatic carbocycles. The van der Waals surface area contributed by atoms with Crippen molar-refractivity contribution in [2.75, 3.05) is 51.4 Å². The van der Waals surface area contributed by atoms with Gasteiger partial charge in [-0.15, -0.1) is 0 Å². The Hall–Kier alpha value is -4.40. The summed E-state index contributed by atoms with van der Waals surface area (Å²) in [5.41, 5.74) is 0.685. The zero-order chi connectivity index (χ0) is 31.5. The molecule has 232 valence electrons. The van der Waals surface area contributed by atoms with E-state index in [0.29, 0.717) is 40.3 Å². The number of allylic oxidation sites excluding steroid dienone is 1. The smallest absolute Gasteiger partial charge is 0.319 e. The molecule has 2 fully saturated rings. The SMILES string of the molecule is CN1CCC[C@H]1COc1nc(N2CCN(C(=O)/C=C/CF)[C@@H](CC#N)C2)c2cnc(-c3cccc4cccc(Cl)c34)c(F)c2n1. The fraction of sp³-hybridized carbons (Fsp3) is 0.364. The lowest BCUT2D eigenvalue weighted by atomic mass is 10.0. The summed E-state index contributed by atoms with van der Waals surface area (Å²) >= 11 is 6.57. The lowest BCUT2D eigenvalue weighted by Gasteiger charge is -2.41. The molecule has 0 aliphatic carbocycles. The molecule has 2 saturated heterocycles. The van der Waals surface area contributed by atoms with E-state index >= 15 is 4.39 Å². The van der Waals surface area contributed by atoms with E-state index in [-0.39, 0.29) is 48.7 Å². The van der Waals surface area contributed by atoms with E-state index in [4.69, 9.17) is 21.3 Å². The Morgan fingerprint density at radius 2 is 2.00 bits per heavy atom. The molecule has 9 nitrogen and oxygen atoms in total. The number of rotatable bonds is 8. The van der Waals surface area contributed by atoms with Gasteiger partial charge in [0.2, 0.25) is 5.91 Å². The van der Waals surface area contributed by atoms with Gasteiger partial charge in [-0.3, -0.25) is 9.78 Å². The van der Waals surface area contributed by atoms with Gasteiger partial charge >= 0.3 is 6.01 Å². The minimum atomic E-state index is -0.757. The van der Waals surface area contributed by atoms with Crippen molar-refractivity contribution in [3.63, 3.8) is 0 Å². The van der Waals surface area contributed by atoms with E-state index in [1.165, 1.54) is 6.08 Å². The van der Waals surface area contributed by atoms with E-state index in [2.05, 4.69) is 20.9 Å². The van der Waals surface area contributed by atoms with Crippen LogP contribution in [0, 0.1) is 17.1 Å². The lowest BCUT2D eigenvalue weighted by molar-refractivity contribution is -0.128. The summed E-state index contributed by atoms with van der Waals surface area (Å²) in [6, 6.07) is 12.9. The van der Waals surface area contributed by atoms with Crippen molar-refractivity contribution >= 4 is 45.0 Å². The number of alkyl halides is 1. The second kappa shape index (κ2) is 13.3. The van der Waals surface area contributed by atoms with E-state index in [0.717, 1.165) is 30.8 Å². The molecule has 2 aromatic heterocycles. The topological polar surface area (TPSA) is 98.5 Å². The van der Waals surface area contributed by atoms with Crippen LogP contribution in [0.4, 0.5) is 14.6 Å². The maximum absolute atomic E-state index is 16.6. The molecule has 2 aliphatic heterocycles. The Morgan fingerprint density at radius 3 is 2.76 bits per heavy atom. The Balaban J connectivity index is 1.43. The van der Waals surface area contributed by atoms with Gasteiger partial charge in [0.25, 0.3) is 0 Å². The van der Waals surface area contributed by atoms with Crippen LogP contribution in [0.2, 0.25) is 5.02 Å². The zero-order valence-corrected chi connectivity index (χ0v) is 25.6. The van der Waals surface area contributed by atoms with Crippen molar-refractivity contribution in [1.82, 2.24) is 24.8 Å². The highest BCUT2D eigenvalue weighted by atomic mass is 35.5. The number of benzene rings is 2. The number of nitriles is 1. The number of halogens is 3. The summed E-state index contributed by atoms with van der Waals surface area (Å²) in [6.07, 6.45) is 5.99. The van der Waals surface area contributed by atoms with Crippen molar-refractivity contribution < 1.29 is 18.3 Å². The predicted octanol–water partition coefficient (Wildman–Crippen LogP) is 5.57. The number of ether oxygens (including phenoxy) is 1. The molecule has 2 atom stereocenters. The van der Waals surface area contributed by atoms with Crippen LogP contribution in [0.5, 0.6) is 6.01 Å². The molecular formula is C33H32ClF2N7O2. The standard InChI is InChI=1S/C33H32ClF2N7O2/c1-41-15-5-8-23(41)20-45-33-39-31-25(18-38-30(29(31)36)24-9-2-6-21-7-3-10-26(34)28(21)24)32(40-33)42-16-17-43(22(19-42)12-14-37)27(44)11-4-13-35/h2-4,6-7,9-11,18,22-23H,5,8,12-13,15-17,19-20H2,1H3/b11-4+/t22-,23-/m0/s1. The summed E-state index contributed by atoms with van der Waals surface area (Å²) in [7, 11) is 2.04. The maximum atomic E-state index is 16.6. The van der Waals surface area contributed by atoms with Gasteiger partial charge in [0.05, 0.1) is 23.9 Å². The monoisotopic (exact) mass is 631 g/mol. The second-order valence-electron chi connectivity index (χ2n) is 11.3. The van der Waals surface area contributed by atoms with Gasteiger partial charge in [0, 0.05) is 53.9 Å². The molecule has 2 aliphatic rings. The molecule has 1 amide bonds. The fourth-order valence-corrected chi connectivity index (χ4v) is 6.51. The fourth-order valence-electron chi connectivity index (χ4n) is 6.23. The zero-order valence-electron chi connectivity index (χ0n) is 24.8. The Kier molecular flexibility index (Phi) is 9.05. The number of likely N-dealkylation sites (tertiary alicyclic amines) is 1. The number of amides is 1. The lowest BCUT2D eigenvalue weighted by Crippen LogP contribution is -2.55. The highest BCUT2D eigenvalue weighted by molar-refractivity contribution is 6.36. The first-order valence-electron chi connectivity index (χ1n) is 14.9. The highest BCUT2D eigenvalue weighted by Crippen LogP contribution is 2.37. The van der Waals surface area contributed by atoms with Crippen LogP contribution in [0.25, 0.3) is 32.9 Å². The van der Waals surface area contributed by atoms with Crippen LogP contribution < -0.4 is 9.64 Å². The van der Waals surface area contributed by atoms with Gasteiger partial charge in [-0.1, -0.05) is 41.9 Å². The number of aromatic nitrogens is 3. The Labute approximate surface area is 264 Å². The highest BCUT2D eigenvalue weighted by Gasteiger charge is 2.32. The van der Waals surface area contributed by atoms with Crippen LogP contribution in [0.1, 0.15) is 19.3 Å². The summed E-state index contributed by atoms with van der Waals surface area (Å²) < 4.78 is 35.4. The number of anilines is 1. The van der Waals surface area contributed by atoms with Gasteiger partial charge < -0.3 is 19.4 Å². The van der Waals surface area contributed by atoms with Crippen molar-refractivity contribution in [2.24, 2.45) is 0 Å².